The van der Waals surface area contributed by atoms with E-state index in [4.69, 9.17) is 0 Å². The van der Waals surface area contributed by atoms with Crippen molar-refractivity contribution in [1.29, 1.82) is 0 Å². The minimum absolute atomic E-state index is 0.0733. The molecular formula is C19H19NO6. The third-order valence-electron chi connectivity index (χ3n) is 4.15. The number of carbonyl (C=O) groups excluding carboxylic acids is 1. The van der Waals surface area contributed by atoms with Gasteiger partial charge in [-0.15, -0.1) is 0 Å². The van der Waals surface area contributed by atoms with Gasteiger partial charge in [0.25, 0.3) is 5.69 Å². The Labute approximate surface area is 150 Å². The number of rotatable bonds is 4. The number of carboxylic acids is 1. The molecule has 26 heavy (non-hydrogen) atoms. The quantitative estimate of drug-likeness (QED) is 0.488. The predicted octanol–water partition coefficient (Wildman–Crippen LogP) is 3.84. The van der Waals surface area contributed by atoms with Crippen LogP contribution in [0.5, 0.6) is 5.75 Å². The van der Waals surface area contributed by atoms with Crippen LogP contribution in [0.15, 0.2) is 30.3 Å². The molecule has 0 fully saturated rings. The van der Waals surface area contributed by atoms with Crippen molar-refractivity contribution in [2.24, 2.45) is 0 Å². The number of carbonyl (C=O) groups is 2. The Morgan fingerprint density at radius 2 is 1.77 bits per heavy atom. The first-order chi connectivity index (χ1) is 11.9. The lowest BCUT2D eigenvalue weighted by atomic mass is 9.81. The molecule has 7 heteroatoms. The van der Waals surface area contributed by atoms with Crippen LogP contribution in [-0.2, 0) is 5.41 Å². The van der Waals surface area contributed by atoms with Gasteiger partial charge < -0.3 is 10.2 Å². The summed E-state index contributed by atoms with van der Waals surface area (Å²) in [6.45, 7) is 6.78. The normalized spacial score (nSPS) is 11.2. The van der Waals surface area contributed by atoms with Crippen LogP contribution < -0.4 is 0 Å². The molecule has 2 N–H and O–H groups in total. The summed E-state index contributed by atoms with van der Waals surface area (Å²) in [6, 6.07) is 6.69. The SMILES string of the molecule is Cc1c(C(=O)c2cccc([N+](=O)[O-])c2)cc(C(C)(C)C)c(O)c1C(=O)O. The zero-order valence-electron chi connectivity index (χ0n) is 14.9. The van der Waals surface area contributed by atoms with E-state index in [1.165, 1.54) is 31.2 Å². The van der Waals surface area contributed by atoms with E-state index in [2.05, 4.69) is 0 Å². The Hall–Kier alpha value is -3.22. The molecule has 0 unspecified atom stereocenters. The summed E-state index contributed by atoms with van der Waals surface area (Å²) in [4.78, 5) is 34.9. The van der Waals surface area contributed by atoms with E-state index < -0.39 is 22.1 Å². The monoisotopic (exact) mass is 357 g/mol. The van der Waals surface area contributed by atoms with E-state index >= 15 is 0 Å². The van der Waals surface area contributed by atoms with Gasteiger partial charge in [0.1, 0.15) is 11.3 Å². The molecule has 0 aliphatic rings. The minimum atomic E-state index is -1.35. The average Bonchev–Trinajstić information content (AvgIpc) is 2.53. The first-order valence-corrected chi connectivity index (χ1v) is 7.84. The van der Waals surface area contributed by atoms with Gasteiger partial charge in [-0.1, -0.05) is 32.9 Å². The summed E-state index contributed by atoms with van der Waals surface area (Å²) >= 11 is 0. The largest absolute Gasteiger partial charge is 0.507 e. The lowest BCUT2D eigenvalue weighted by Crippen LogP contribution is -2.17. The maximum absolute atomic E-state index is 12.9. The highest BCUT2D eigenvalue weighted by atomic mass is 16.6. The molecular weight excluding hydrogens is 338 g/mol. The van der Waals surface area contributed by atoms with Gasteiger partial charge in [0.05, 0.1) is 4.92 Å². The Morgan fingerprint density at radius 3 is 2.27 bits per heavy atom. The van der Waals surface area contributed by atoms with Crippen molar-refractivity contribution < 1.29 is 24.7 Å². The lowest BCUT2D eigenvalue weighted by molar-refractivity contribution is -0.384. The number of phenols is 1. The summed E-state index contributed by atoms with van der Waals surface area (Å²) in [5, 5.41) is 30.8. The fourth-order valence-corrected chi connectivity index (χ4v) is 2.75. The van der Waals surface area contributed by atoms with Crippen LogP contribution >= 0.6 is 0 Å². The maximum Gasteiger partial charge on any atom is 0.339 e. The molecule has 7 nitrogen and oxygen atoms in total. The standard InChI is InChI=1S/C19H19NO6/c1-10-13(16(21)11-6-5-7-12(8-11)20(25)26)9-14(19(2,3)4)17(22)15(10)18(23)24/h5-9,22H,1-4H3,(H,23,24). The molecule has 0 saturated heterocycles. The maximum atomic E-state index is 12.9. The van der Waals surface area contributed by atoms with E-state index in [0.29, 0.717) is 5.56 Å². The van der Waals surface area contributed by atoms with Crippen LogP contribution in [0.4, 0.5) is 5.69 Å². The van der Waals surface area contributed by atoms with Gasteiger partial charge in [-0.25, -0.2) is 4.79 Å². The second-order valence-electron chi connectivity index (χ2n) is 7.01. The van der Waals surface area contributed by atoms with Crippen molar-refractivity contribution in [2.45, 2.75) is 33.1 Å². The van der Waals surface area contributed by atoms with Crippen LogP contribution in [0, 0.1) is 17.0 Å². The number of nitro benzene ring substituents is 1. The number of nitrogens with zero attached hydrogens (tertiary/aromatic N) is 1. The van der Waals surface area contributed by atoms with Gasteiger partial charge in [0, 0.05) is 28.8 Å². The zero-order chi connectivity index (χ0) is 19.8. The minimum Gasteiger partial charge on any atom is -0.507 e. The van der Waals surface area contributed by atoms with Crippen LogP contribution in [0.2, 0.25) is 0 Å². The summed E-state index contributed by atoms with van der Waals surface area (Å²) in [6.07, 6.45) is 0. The second-order valence-corrected chi connectivity index (χ2v) is 7.01. The zero-order valence-corrected chi connectivity index (χ0v) is 14.9. The highest BCUT2D eigenvalue weighted by molar-refractivity contribution is 6.12. The molecule has 2 aromatic carbocycles. The molecule has 0 radical (unpaired) electrons. The van der Waals surface area contributed by atoms with Crippen LogP contribution in [0.1, 0.15) is 58.2 Å². The van der Waals surface area contributed by atoms with Gasteiger partial charge in [-0.3, -0.25) is 14.9 Å². The molecule has 0 aliphatic carbocycles. The molecule has 0 saturated carbocycles. The number of benzene rings is 2. The molecule has 0 aliphatic heterocycles. The van der Waals surface area contributed by atoms with E-state index in [9.17, 15) is 29.9 Å². The predicted molar refractivity (Wildman–Crippen MR) is 95.0 cm³/mol. The number of hydrogen-bond acceptors (Lipinski definition) is 5. The molecule has 0 atom stereocenters. The number of aromatic hydroxyl groups is 1. The highest BCUT2D eigenvalue weighted by Gasteiger charge is 2.29. The van der Waals surface area contributed by atoms with Crippen molar-refractivity contribution in [3.63, 3.8) is 0 Å². The van der Waals surface area contributed by atoms with Gasteiger partial charge in [0.15, 0.2) is 5.78 Å². The molecule has 0 spiro atoms. The van der Waals surface area contributed by atoms with Crippen molar-refractivity contribution in [3.8, 4) is 5.75 Å². The van der Waals surface area contributed by atoms with Gasteiger partial charge in [-0.2, -0.15) is 0 Å². The van der Waals surface area contributed by atoms with Crippen LogP contribution in [-0.4, -0.2) is 26.9 Å². The summed E-state index contributed by atoms with van der Waals surface area (Å²) in [5.41, 5.74) is -0.601. The molecule has 2 rings (SSSR count). The number of ketones is 1. The second kappa shape index (κ2) is 6.59. The van der Waals surface area contributed by atoms with E-state index in [0.717, 1.165) is 6.07 Å². The molecule has 0 aromatic heterocycles. The fourth-order valence-electron chi connectivity index (χ4n) is 2.75. The Kier molecular flexibility index (Phi) is 4.84. The number of carboxylic acid groups (broad SMARTS) is 1. The van der Waals surface area contributed by atoms with E-state index in [1.54, 1.807) is 20.8 Å². The molecule has 0 bridgehead atoms. The number of nitro groups is 1. The smallest absolute Gasteiger partial charge is 0.339 e. The van der Waals surface area contributed by atoms with Gasteiger partial charge in [-0.05, 0) is 24.0 Å². The fraction of sp³-hybridized carbons (Fsp3) is 0.263. The number of aromatic carboxylic acids is 1. The molecule has 0 heterocycles. The summed E-state index contributed by atoms with van der Waals surface area (Å²) in [5.74, 6) is -2.27. The number of non-ortho nitro benzene ring substituents is 1. The Morgan fingerprint density at radius 1 is 1.15 bits per heavy atom. The summed E-state index contributed by atoms with van der Waals surface area (Å²) in [7, 11) is 0. The van der Waals surface area contributed by atoms with Crippen molar-refractivity contribution in [2.75, 3.05) is 0 Å². The van der Waals surface area contributed by atoms with E-state index in [1.807, 2.05) is 0 Å². The van der Waals surface area contributed by atoms with Gasteiger partial charge in [0.2, 0.25) is 0 Å². The van der Waals surface area contributed by atoms with Crippen molar-refractivity contribution >= 4 is 17.4 Å². The van der Waals surface area contributed by atoms with Crippen LogP contribution in [0.25, 0.3) is 0 Å². The van der Waals surface area contributed by atoms with E-state index in [-0.39, 0.29) is 33.7 Å². The molecule has 2 aromatic rings. The topological polar surface area (TPSA) is 118 Å². The average molecular weight is 357 g/mol. The van der Waals surface area contributed by atoms with Gasteiger partial charge >= 0.3 is 5.97 Å². The number of hydrogen-bond donors (Lipinski definition) is 2. The first kappa shape index (κ1) is 19.1. The van der Waals surface area contributed by atoms with Crippen molar-refractivity contribution in [3.05, 3.63) is 68.3 Å². The molecule has 0 amide bonds. The van der Waals surface area contributed by atoms with Crippen molar-refractivity contribution in [1.82, 2.24) is 0 Å². The molecule has 136 valence electrons. The highest BCUT2D eigenvalue weighted by Crippen LogP contribution is 2.37. The first-order valence-electron chi connectivity index (χ1n) is 7.84. The third kappa shape index (κ3) is 3.42. The lowest BCUT2D eigenvalue weighted by Gasteiger charge is -2.23. The van der Waals surface area contributed by atoms with Crippen LogP contribution in [0.3, 0.4) is 0 Å². The summed E-state index contributed by atoms with van der Waals surface area (Å²) < 4.78 is 0. The Bertz CT molecular complexity index is 924. The third-order valence-corrected chi connectivity index (χ3v) is 4.15. The Balaban J connectivity index is 2.75.